The molecule has 0 atom stereocenters. The highest BCUT2D eigenvalue weighted by atomic mass is 32.1. The van der Waals surface area contributed by atoms with Crippen LogP contribution in [-0.2, 0) is 0 Å². The van der Waals surface area contributed by atoms with Gasteiger partial charge in [0, 0.05) is 86.0 Å². The molecule has 0 saturated carbocycles. The highest BCUT2D eigenvalue weighted by molar-refractivity contribution is 7.25. The molecule has 0 saturated heterocycles. The highest BCUT2D eigenvalue weighted by Crippen LogP contribution is 2.42. The SMILES string of the molecule is c1ccc(-c2ccc3c(c2)c2ccccc2n3-c2cccc(-n3c4ccccc4c4cc(-c5ccccc5)ccc43)c2)cc1.c1ccc2c(c1)c1ccccc1n2-c1ccc2sc3ccc(-n4c5ccccc5c5ccccc54)cc3c2c1. The first kappa shape index (κ1) is 47.1. The zero-order chi connectivity index (χ0) is 54.5. The molecule has 4 nitrogen and oxygen atoms in total. The monoisotopic (exact) mass is 1070 g/mol. The molecule has 18 rings (SSSR count). The van der Waals surface area contributed by atoms with E-state index >= 15 is 0 Å². The number of hydrogen-bond acceptors (Lipinski definition) is 1. The van der Waals surface area contributed by atoms with Gasteiger partial charge in [0.05, 0.1) is 44.1 Å². The standard InChI is InChI=1S/C42H28N2.C36H22N2S/c1-3-12-29(13-4-1)31-22-24-41-37(26-31)35-18-7-9-20-39(35)43(41)33-16-11-17-34(28-33)44-40-21-10-8-19-36(40)38-27-32(23-25-42(38)44)30-14-5-2-6-15-30;1-5-13-31-25(9-1)26-10-2-6-14-32(26)37(31)23-17-19-35-29(21-23)30-22-24(18-20-36(30)39-35)38-33-15-7-3-11-27(33)28-12-4-8-16-34(28)38/h1-28H;1-22H. The molecule has 0 aliphatic carbocycles. The van der Waals surface area contributed by atoms with Gasteiger partial charge in [0.25, 0.3) is 0 Å². The zero-order valence-electron chi connectivity index (χ0n) is 45.1. The molecule has 0 amide bonds. The normalized spacial score (nSPS) is 11.9. The van der Waals surface area contributed by atoms with Crippen molar-refractivity contribution in [2.75, 3.05) is 0 Å². The van der Waals surface area contributed by atoms with E-state index in [9.17, 15) is 0 Å². The number of rotatable bonds is 6. The maximum atomic E-state index is 2.41. The highest BCUT2D eigenvalue weighted by Gasteiger charge is 2.19. The van der Waals surface area contributed by atoms with Crippen molar-refractivity contribution in [2.24, 2.45) is 0 Å². The molecule has 5 heterocycles. The average molecular weight is 1080 g/mol. The lowest BCUT2D eigenvalue weighted by atomic mass is 10.0. The summed E-state index contributed by atoms with van der Waals surface area (Å²) in [7, 11) is 0. The van der Waals surface area contributed by atoms with Crippen LogP contribution in [0.5, 0.6) is 0 Å². The van der Waals surface area contributed by atoms with Crippen LogP contribution in [0.15, 0.2) is 303 Å². The van der Waals surface area contributed by atoms with E-state index in [2.05, 4.69) is 322 Å². The van der Waals surface area contributed by atoms with Crippen molar-refractivity contribution in [1.29, 1.82) is 0 Å². The van der Waals surface area contributed by atoms with Gasteiger partial charge in [-0.25, -0.2) is 0 Å². The van der Waals surface area contributed by atoms with Crippen LogP contribution in [0, 0.1) is 0 Å². The predicted octanol–water partition coefficient (Wildman–Crippen LogP) is 21.5. The van der Waals surface area contributed by atoms with E-state index in [0.29, 0.717) is 0 Å². The number of hydrogen-bond donors (Lipinski definition) is 0. The summed E-state index contributed by atoms with van der Waals surface area (Å²) in [6.07, 6.45) is 0. The molecule has 13 aromatic carbocycles. The topological polar surface area (TPSA) is 19.7 Å². The quantitative estimate of drug-likeness (QED) is 0.158. The predicted molar refractivity (Wildman–Crippen MR) is 354 cm³/mol. The van der Waals surface area contributed by atoms with Crippen molar-refractivity contribution in [2.45, 2.75) is 0 Å². The molecule has 0 aliphatic rings. The fourth-order valence-corrected chi connectivity index (χ4v) is 14.4. The van der Waals surface area contributed by atoms with E-state index < -0.39 is 0 Å². The maximum absolute atomic E-state index is 2.41. The largest absolute Gasteiger partial charge is 0.309 e. The molecular formula is C78H50N4S. The van der Waals surface area contributed by atoms with Crippen molar-refractivity contribution in [3.8, 4) is 45.0 Å². The minimum absolute atomic E-state index is 1.15. The third-order valence-corrected chi connectivity index (χ3v) is 18.2. The zero-order valence-corrected chi connectivity index (χ0v) is 45.9. The van der Waals surface area contributed by atoms with Gasteiger partial charge >= 0.3 is 0 Å². The summed E-state index contributed by atoms with van der Waals surface area (Å²) in [4.78, 5) is 0. The van der Waals surface area contributed by atoms with Crippen LogP contribution in [0.4, 0.5) is 0 Å². The molecule has 5 aromatic heterocycles. The molecule has 0 bridgehead atoms. The lowest BCUT2D eigenvalue weighted by molar-refractivity contribution is 1.13. The molecule has 5 heteroatoms. The molecule has 0 spiro atoms. The second-order valence-electron chi connectivity index (χ2n) is 21.6. The molecular weight excluding hydrogens is 1020 g/mol. The molecule has 0 unspecified atom stereocenters. The molecule has 0 radical (unpaired) electrons. The summed E-state index contributed by atoms with van der Waals surface area (Å²) >= 11 is 1.87. The summed E-state index contributed by atoms with van der Waals surface area (Å²) in [5.41, 5.74) is 19.4. The molecule has 0 aliphatic heterocycles. The maximum Gasteiger partial charge on any atom is 0.0541 e. The van der Waals surface area contributed by atoms with Crippen LogP contribution in [0.3, 0.4) is 0 Å². The van der Waals surface area contributed by atoms with E-state index in [1.54, 1.807) is 0 Å². The number of fused-ring (bicyclic) bond motifs is 15. The third kappa shape index (κ3) is 7.52. The Morgan fingerprint density at radius 3 is 0.807 bits per heavy atom. The van der Waals surface area contributed by atoms with Gasteiger partial charge in [-0.15, -0.1) is 11.3 Å². The Morgan fingerprint density at radius 2 is 0.458 bits per heavy atom. The Bertz CT molecular complexity index is 5130. The first-order chi connectivity index (χ1) is 41.2. The Balaban J connectivity index is 0.000000132. The molecule has 83 heavy (non-hydrogen) atoms. The van der Waals surface area contributed by atoms with Gasteiger partial charge in [0.15, 0.2) is 0 Å². The lowest BCUT2D eigenvalue weighted by Gasteiger charge is -2.13. The fraction of sp³-hybridized carbons (Fsp3) is 0. The second kappa shape index (κ2) is 19.0. The summed E-state index contributed by atoms with van der Waals surface area (Å²) in [5.74, 6) is 0. The number of para-hydroxylation sites is 6. The number of thiophene rings is 1. The Hall–Kier alpha value is -10.7. The Kier molecular flexibility index (Phi) is 10.8. The number of nitrogens with zero attached hydrogens (tertiary/aromatic N) is 4. The molecule has 0 N–H and O–H groups in total. The third-order valence-electron chi connectivity index (χ3n) is 17.0. The van der Waals surface area contributed by atoms with Crippen molar-refractivity contribution in [1.82, 2.24) is 18.3 Å². The van der Waals surface area contributed by atoms with Crippen molar-refractivity contribution >= 4 is 119 Å². The van der Waals surface area contributed by atoms with Gasteiger partial charge in [-0.1, -0.05) is 188 Å². The summed E-state index contributed by atoms with van der Waals surface area (Å²) in [6.45, 7) is 0. The van der Waals surface area contributed by atoms with Gasteiger partial charge in [0.1, 0.15) is 0 Å². The average Bonchev–Trinajstić information content (AvgIpc) is 4.47. The van der Waals surface area contributed by atoms with Crippen LogP contribution in [0.1, 0.15) is 0 Å². The summed E-state index contributed by atoms with van der Waals surface area (Å²) < 4.78 is 12.3. The van der Waals surface area contributed by atoms with Gasteiger partial charge in [-0.05, 0) is 138 Å². The van der Waals surface area contributed by atoms with Crippen LogP contribution in [0.25, 0.3) is 152 Å². The summed E-state index contributed by atoms with van der Waals surface area (Å²) in [5, 5.41) is 12.8. The van der Waals surface area contributed by atoms with Crippen LogP contribution < -0.4 is 0 Å². The summed E-state index contributed by atoms with van der Waals surface area (Å²) in [6, 6.07) is 110. The van der Waals surface area contributed by atoms with Crippen LogP contribution in [-0.4, -0.2) is 18.3 Å². The van der Waals surface area contributed by atoms with Crippen molar-refractivity contribution in [3.05, 3.63) is 303 Å². The molecule has 0 fully saturated rings. The van der Waals surface area contributed by atoms with Crippen LogP contribution >= 0.6 is 11.3 Å². The van der Waals surface area contributed by atoms with Crippen molar-refractivity contribution < 1.29 is 0 Å². The van der Waals surface area contributed by atoms with E-state index in [1.165, 1.54) is 141 Å². The van der Waals surface area contributed by atoms with E-state index in [4.69, 9.17) is 0 Å². The van der Waals surface area contributed by atoms with Crippen molar-refractivity contribution in [3.63, 3.8) is 0 Å². The van der Waals surface area contributed by atoms with E-state index in [0.717, 1.165) is 11.4 Å². The second-order valence-corrected chi connectivity index (χ2v) is 22.7. The van der Waals surface area contributed by atoms with E-state index in [1.807, 2.05) is 11.3 Å². The number of benzene rings is 13. The molecule has 18 aromatic rings. The minimum atomic E-state index is 1.15. The fourth-order valence-electron chi connectivity index (χ4n) is 13.3. The minimum Gasteiger partial charge on any atom is -0.309 e. The Morgan fingerprint density at radius 1 is 0.169 bits per heavy atom. The van der Waals surface area contributed by atoms with Gasteiger partial charge in [0.2, 0.25) is 0 Å². The lowest BCUT2D eigenvalue weighted by Crippen LogP contribution is -1.98. The number of aromatic nitrogens is 4. The first-order valence-corrected chi connectivity index (χ1v) is 29.2. The Labute approximate surface area is 482 Å². The smallest absolute Gasteiger partial charge is 0.0541 e. The molecule has 388 valence electrons. The van der Waals surface area contributed by atoms with Gasteiger partial charge in [-0.2, -0.15) is 0 Å². The first-order valence-electron chi connectivity index (χ1n) is 28.4. The van der Waals surface area contributed by atoms with Gasteiger partial charge in [-0.3, -0.25) is 0 Å². The van der Waals surface area contributed by atoms with Gasteiger partial charge < -0.3 is 18.3 Å². The van der Waals surface area contributed by atoms with Crippen LogP contribution in [0.2, 0.25) is 0 Å². The van der Waals surface area contributed by atoms with E-state index in [-0.39, 0.29) is 0 Å².